The molecule has 0 fully saturated rings. The van der Waals surface area contributed by atoms with Gasteiger partial charge < -0.3 is 5.32 Å². The van der Waals surface area contributed by atoms with Crippen molar-refractivity contribution in [3.05, 3.63) is 34.6 Å². The van der Waals surface area contributed by atoms with Gasteiger partial charge in [-0.15, -0.1) is 0 Å². The molecule has 2 nitrogen and oxygen atoms in total. The number of rotatable bonds is 13. The number of hydrogen-bond acceptors (Lipinski definition) is 2. The van der Waals surface area contributed by atoms with Crippen LogP contribution in [0.15, 0.2) is 34.6 Å². The highest BCUT2D eigenvalue weighted by Gasteiger charge is 2.25. The lowest BCUT2D eigenvalue weighted by Gasteiger charge is -2.34. The first kappa shape index (κ1) is 28.0. The summed E-state index contributed by atoms with van der Waals surface area (Å²) in [5, 5.41) is 4.06. The van der Waals surface area contributed by atoms with Crippen LogP contribution in [0.25, 0.3) is 0 Å². The molecule has 0 heterocycles. The van der Waals surface area contributed by atoms with Crippen LogP contribution in [0.4, 0.5) is 0 Å². The second-order valence-electron chi connectivity index (χ2n) is 10.5. The Morgan fingerprint density at radius 2 is 1.84 bits per heavy atom. The molecule has 1 aliphatic rings. The lowest BCUT2D eigenvalue weighted by molar-refractivity contribution is 0.178. The number of hydrogen-bond donors (Lipinski definition) is 1. The summed E-state index contributed by atoms with van der Waals surface area (Å²) in [7, 11) is 2.33. The van der Waals surface area contributed by atoms with Crippen LogP contribution in [0.3, 0.4) is 0 Å². The van der Waals surface area contributed by atoms with Gasteiger partial charge in [0.1, 0.15) is 0 Å². The van der Waals surface area contributed by atoms with Gasteiger partial charge >= 0.3 is 0 Å². The fraction of sp³-hybridized carbons (Fsp3) is 0.793. The van der Waals surface area contributed by atoms with Crippen molar-refractivity contribution >= 4 is 0 Å². The van der Waals surface area contributed by atoms with Crippen molar-refractivity contribution in [2.24, 2.45) is 23.7 Å². The Kier molecular flexibility index (Phi) is 12.8. The molecule has 0 aromatic heterocycles. The lowest BCUT2D eigenvalue weighted by Crippen LogP contribution is -2.44. The van der Waals surface area contributed by atoms with Crippen LogP contribution in [-0.4, -0.2) is 24.7 Å². The molecule has 31 heavy (non-hydrogen) atoms. The van der Waals surface area contributed by atoms with Gasteiger partial charge in [-0.1, -0.05) is 91.0 Å². The first-order valence-corrected chi connectivity index (χ1v) is 13.2. The van der Waals surface area contributed by atoms with E-state index < -0.39 is 0 Å². The van der Waals surface area contributed by atoms with Crippen LogP contribution >= 0.6 is 0 Å². The second kappa shape index (κ2) is 14.2. The minimum absolute atomic E-state index is 0.403. The smallest absolute Gasteiger partial charge is 0.0790 e. The van der Waals surface area contributed by atoms with E-state index in [0.29, 0.717) is 18.0 Å². The van der Waals surface area contributed by atoms with Gasteiger partial charge in [0.15, 0.2) is 0 Å². The third-order valence-corrected chi connectivity index (χ3v) is 7.45. The molecule has 0 saturated carbocycles. The maximum atomic E-state index is 4.06. The van der Waals surface area contributed by atoms with Crippen molar-refractivity contribution in [1.29, 1.82) is 0 Å². The van der Waals surface area contributed by atoms with Gasteiger partial charge in [0.2, 0.25) is 0 Å². The third-order valence-electron chi connectivity index (χ3n) is 7.45. The molecule has 180 valence electrons. The highest BCUT2D eigenvalue weighted by atomic mass is 15.2. The Hall–Kier alpha value is -1.02. The maximum Gasteiger partial charge on any atom is 0.0790 e. The van der Waals surface area contributed by atoms with Gasteiger partial charge in [-0.2, -0.15) is 0 Å². The quantitative estimate of drug-likeness (QED) is 0.233. The first-order chi connectivity index (χ1) is 14.7. The van der Waals surface area contributed by atoms with Crippen LogP contribution in [0, 0.1) is 23.7 Å². The van der Waals surface area contributed by atoms with E-state index >= 15 is 0 Å². The van der Waals surface area contributed by atoms with E-state index in [4.69, 9.17) is 0 Å². The van der Waals surface area contributed by atoms with E-state index in [1.807, 2.05) is 0 Å². The Morgan fingerprint density at radius 1 is 1.16 bits per heavy atom. The summed E-state index contributed by atoms with van der Waals surface area (Å²) in [6, 6.07) is 0. The number of nitrogens with one attached hydrogen (secondary N) is 1. The number of unbranched alkanes of at least 4 members (excludes halogenated alkanes) is 1. The average Bonchev–Trinajstić information content (AvgIpc) is 2.79. The largest absolute Gasteiger partial charge is 0.370 e. The molecule has 4 unspecified atom stereocenters. The minimum Gasteiger partial charge on any atom is -0.370 e. The van der Waals surface area contributed by atoms with Gasteiger partial charge in [0.05, 0.1) is 6.17 Å². The molecule has 1 rings (SSSR count). The predicted octanol–water partition coefficient (Wildman–Crippen LogP) is 8.33. The standard InChI is InChI=1S/C29H54N2/c1-11-14-16-28(31(10)18-17-26(13-3)21(4)5)30-27(15-12-2)29-24(8)20-22(6)19-23(7)25(29)9/h15,19,21-22,25-26,28,30H,11-14,16-18,20H2,1-10H3/b27-15+. The Morgan fingerprint density at radius 3 is 2.39 bits per heavy atom. The third kappa shape index (κ3) is 8.79. The van der Waals surface area contributed by atoms with Gasteiger partial charge in [-0.25, -0.2) is 0 Å². The first-order valence-electron chi connectivity index (χ1n) is 13.2. The van der Waals surface area contributed by atoms with Gasteiger partial charge in [0, 0.05) is 18.2 Å². The fourth-order valence-electron chi connectivity index (χ4n) is 5.27. The zero-order valence-electron chi connectivity index (χ0n) is 22.6. The monoisotopic (exact) mass is 430 g/mol. The molecule has 0 saturated heterocycles. The van der Waals surface area contributed by atoms with Crippen LogP contribution in [0.1, 0.15) is 107 Å². The van der Waals surface area contributed by atoms with Crippen LogP contribution in [0.5, 0.6) is 0 Å². The minimum atomic E-state index is 0.403. The van der Waals surface area contributed by atoms with Crippen molar-refractivity contribution < 1.29 is 0 Å². The summed E-state index contributed by atoms with van der Waals surface area (Å²) < 4.78 is 0. The summed E-state index contributed by atoms with van der Waals surface area (Å²) in [6.45, 7) is 22.3. The Labute approximate surface area is 195 Å². The van der Waals surface area contributed by atoms with E-state index in [-0.39, 0.29) is 0 Å². The summed E-state index contributed by atoms with van der Waals surface area (Å²) in [6.07, 6.45) is 13.9. The Balaban J connectivity index is 3.11. The fourth-order valence-corrected chi connectivity index (χ4v) is 5.27. The highest BCUT2D eigenvalue weighted by Crippen LogP contribution is 2.35. The average molecular weight is 431 g/mol. The molecular weight excluding hydrogens is 376 g/mol. The maximum absolute atomic E-state index is 4.06. The van der Waals surface area contributed by atoms with Gasteiger partial charge in [0.25, 0.3) is 0 Å². The van der Waals surface area contributed by atoms with Crippen LogP contribution in [-0.2, 0) is 0 Å². The van der Waals surface area contributed by atoms with Crippen molar-refractivity contribution in [2.45, 2.75) is 113 Å². The van der Waals surface area contributed by atoms with Crippen molar-refractivity contribution in [2.75, 3.05) is 13.6 Å². The summed E-state index contributed by atoms with van der Waals surface area (Å²) in [5.74, 6) is 2.70. The lowest BCUT2D eigenvalue weighted by atomic mass is 9.88. The topological polar surface area (TPSA) is 15.3 Å². The highest BCUT2D eigenvalue weighted by molar-refractivity contribution is 5.41. The number of nitrogens with zero attached hydrogens (tertiary/aromatic N) is 1. The molecule has 2 heteroatoms. The molecule has 1 aliphatic carbocycles. The molecule has 0 amide bonds. The summed E-state index contributed by atoms with van der Waals surface area (Å²) in [5.41, 5.74) is 6.01. The van der Waals surface area contributed by atoms with E-state index in [1.54, 1.807) is 11.1 Å². The number of allylic oxidation sites excluding steroid dienone is 5. The van der Waals surface area contributed by atoms with E-state index in [1.165, 1.54) is 56.3 Å². The SMILES string of the molecule is CC/C=C(/NC(CCCC)N(C)CCC(CC)C(C)C)C1=C(C)CC(C)C=C(C)C1C. The van der Waals surface area contributed by atoms with Crippen molar-refractivity contribution in [3.8, 4) is 0 Å². The molecule has 0 bridgehead atoms. The van der Waals surface area contributed by atoms with E-state index in [0.717, 1.165) is 18.3 Å². The molecule has 0 aliphatic heterocycles. The summed E-state index contributed by atoms with van der Waals surface area (Å²) >= 11 is 0. The molecule has 4 atom stereocenters. The van der Waals surface area contributed by atoms with Crippen LogP contribution < -0.4 is 5.32 Å². The normalized spacial score (nSPS) is 22.6. The second-order valence-corrected chi connectivity index (χ2v) is 10.5. The van der Waals surface area contributed by atoms with E-state index in [2.05, 4.69) is 91.7 Å². The van der Waals surface area contributed by atoms with Gasteiger partial charge in [-0.05, 0) is 69.9 Å². The predicted molar refractivity (Wildman–Crippen MR) is 140 cm³/mol. The molecule has 0 radical (unpaired) electrons. The van der Waals surface area contributed by atoms with Crippen molar-refractivity contribution in [3.63, 3.8) is 0 Å². The zero-order valence-corrected chi connectivity index (χ0v) is 22.6. The van der Waals surface area contributed by atoms with Gasteiger partial charge in [-0.3, -0.25) is 4.90 Å². The molecule has 0 aromatic rings. The molecule has 0 aromatic carbocycles. The molecule has 1 N–H and O–H groups in total. The Bertz CT molecular complexity index is 610. The summed E-state index contributed by atoms with van der Waals surface area (Å²) in [4.78, 5) is 2.59. The van der Waals surface area contributed by atoms with E-state index in [9.17, 15) is 0 Å². The van der Waals surface area contributed by atoms with Crippen molar-refractivity contribution in [1.82, 2.24) is 10.2 Å². The molecular formula is C29H54N2. The molecule has 0 spiro atoms. The zero-order chi connectivity index (χ0) is 23.6. The van der Waals surface area contributed by atoms with Crippen LogP contribution in [0.2, 0.25) is 0 Å².